The zero-order chi connectivity index (χ0) is 15.9. The van der Waals surface area contributed by atoms with Gasteiger partial charge < -0.3 is 20.5 Å². The summed E-state index contributed by atoms with van der Waals surface area (Å²) in [5.41, 5.74) is 0.644. The van der Waals surface area contributed by atoms with Gasteiger partial charge in [-0.15, -0.1) is 0 Å². The number of nitrogens with one attached hydrogen (secondary N) is 2. The minimum absolute atomic E-state index is 0.0592. The van der Waals surface area contributed by atoms with Gasteiger partial charge in [0.1, 0.15) is 11.4 Å². The van der Waals surface area contributed by atoms with Crippen molar-refractivity contribution in [2.75, 3.05) is 6.61 Å². The van der Waals surface area contributed by atoms with Crippen LogP contribution in [0.1, 0.15) is 39.7 Å². The number of benzene rings is 1. The van der Waals surface area contributed by atoms with Gasteiger partial charge in [-0.05, 0) is 40.2 Å². The molecule has 0 aliphatic carbocycles. The highest BCUT2D eigenvalue weighted by atomic mass is 16.5. The molecule has 1 aromatic rings. The second kappa shape index (κ2) is 7.88. The number of carbonyl (C=O) groups excluding carboxylic acids is 1. The summed E-state index contributed by atoms with van der Waals surface area (Å²) in [5.74, 6) is 0.772. The van der Waals surface area contributed by atoms with Gasteiger partial charge in [-0.2, -0.15) is 0 Å². The van der Waals surface area contributed by atoms with Crippen molar-refractivity contribution in [1.82, 2.24) is 10.6 Å². The first-order valence-corrected chi connectivity index (χ1v) is 7.24. The highest BCUT2D eigenvalue weighted by Crippen LogP contribution is 2.22. The third kappa shape index (κ3) is 6.99. The number of aliphatic hydroxyl groups excluding tert-OH is 1. The van der Waals surface area contributed by atoms with E-state index in [0.29, 0.717) is 13.0 Å². The molecule has 0 unspecified atom stereocenters. The maximum absolute atomic E-state index is 11.8. The molecule has 21 heavy (non-hydrogen) atoms. The number of urea groups is 1. The van der Waals surface area contributed by atoms with E-state index in [1.54, 1.807) is 0 Å². The third-order valence-electron chi connectivity index (χ3n) is 2.77. The molecule has 1 rings (SSSR count). The van der Waals surface area contributed by atoms with Crippen LogP contribution in [0.2, 0.25) is 0 Å². The highest BCUT2D eigenvalue weighted by Gasteiger charge is 2.14. The van der Waals surface area contributed by atoms with Gasteiger partial charge in [-0.25, -0.2) is 4.79 Å². The number of hydrogen-bond acceptors (Lipinski definition) is 3. The monoisotopic (exact) mass is 294 g/mol. The summed E-state index contributed by atoms with van der Waals surface area (Å²) in [4.78, 5) is 11.8. The molecule has 0 spiro atoms. The zero-order valence-corrected chi connectivity index (χ0v) is 13.3. The molecule has 1 aromatic carbocycles. The molecule has 0 aliphatic rings. The van der Waals surface area contributed by atoms with Crippen molar-refractivity contribution in [3.05, 3.63) is 29.8 Å². The summed E-state index contributed by atoms with van der Waals surface area (Å²) in [7, 11) is 0. The van der Waals surface area contributed by atoms with E-state index in [9.17, 15) is 4.79 Å². The molecule has 0 radical (unpaired) electrons. The molecule has 0 saturated carbocycles. The largest absolute Gasteiger partial charge is 0.488 e. The lowest BCUT2D eigenvalue weighted by Gasteiger charge is -2.23. The van der Waals surface area contributed by atoms with E-state index in [1.165, 1.54) is 0 Å². The molecule has 0 heterocycles. The fourth-order valence-corrected chi connectivity index (χ4v) is 1.80. The molecular formula is C16H26N2O3. The summed E-state index contributed by atoms with van der Waals surface area (Å²) >= 11 is 0. The number of para-hydroxylation sites is 1. The Hall–Kier alpha value is -1.75. The molecule has 2 amide bonds. The Morgan fingerprint density at radius 3 is 2.62 bits per heavy atom. The average molecular weight is 294 g/mol. The average Bonchev–Trinajstić information content (AvgIpc) is 2.36. The molecule has 0 saturated heterocycles. The first-order valence-electron chi connectivity index (χ1n) is 7.24. The zero-order valence-electron chi connectivity index (χ0n) is 13.3. The summed E-state index contributed by atoms with van der Waals surface area (Å²) in [6, 6.07) is 7.34. The summed E-state index contributed by atoms with van der Waals surface area (Å²) in [6.45, 7) is 8.27. The van der Waals surface area contributed by atoms with Crippen molar-refractivity contribution in [3.8, 4) is 5.75 Å². The van der Waals surface area contributed by atoms with Crippen LogP contribution in [-0.4, -0.2) is 29.4 Å². The number of hydrogen-bond donors (Lipinski definition) is 3. The SMILES string of the molecule is C[C@H](CCO)NC(=O)NCc1ccccc1OC(C)(C)C. The fourth-order valence-electron chi connectivity index (χ4n) is 1.80. The lowest BCUT2D eigenvalue weighted by Crippen LogP contribution is -2.40. The minimum atomic E-state index is -0.284. The lowest BCUT2D eigenvalue weighted by atomic mass is 10.1. The van der Waals surface area contributed by atoms with Gasteiger partial charge in [0.05, 0.1) is 0 Å². The number of ether oxygens (including phenoxy) is 1. The summed E-state index contributed by atoms with van der Waals surface area (Å²) < 4.78 is 5.88. The predicted molar refractivity (Wildman–Crippen MR) is 83.4 cm³/mol. The highest BCUT2D eigenvalue weighted by molar-refractivity contribution is 5.74. The Bertz CT molecular complexity index is 455. The van der Waals surface area contributed by atoms with Gasteiger partial charge in [-0.1, -0.05) is 18.2 Å². The van der Waals surface area contributed by atoms with Gasteiger partial charge in [0.25, 0.3) is 0 Å². The van der Waals surface area contributed by atoms with Crippen LogP contribution in [0.25, 0.3) is 0 Å². The van der Waals surface area contributed by atoms with E-state index in [0.717, 1.165) is 11.3 Å². The molecule has 1 atom stereocenters. The topological polar surface area (TPSA) is 70.6 Å². The quantitative estimate of drug-likeness (QED) is 0.754. The van der Waals surface area contributed by atoms with Crippen molar-refractivity contribution in [3.63, 3.8) is 0 Å². The Morgan fingerprint density at radius 2 is 2.00 bits per heavy atom. The Labute approximate surface area is 126 Å². The van der Waals surface area contributed by atoms with Crippen LogP contribution in [0.15, 0.2) is 24.3 Å². The maximum Gasteiger partial charge on any atom is 0.315 e. The van der Waals surface area contributed by atoms with Gasteiger partial charge in [-0.3, -0.25) is 0 Å². The van der Waals surface area contributed by atoms with E-state index in [1.807, 2.05) is 52.0 Å². The Morgan fingerprint density at radius 1 is 1.33 bits per heavy atom. The predicted octanol–water partition coefficient (Wildman–Crippen LogP) is 2.43. The molecule has 0 aliphatic heterocycles. The van der Waals surface area contributed by atoms with Crippen molar-refractivity contribution >= 4 is 6.03 Å². The Balaban J connectivity index is 2.57. The van der Waals surface area contributed by atoms with Crippen LogP contribution >= 0.6 is 0 Å². The third-order valence-corrected chi connectivity index (χ3v) is 2.77. The van der Waals surface area contributed by atoms with Crippen LogP contribution in [0.4, 0.5) is 4.79 Å². The van der Waals surface area contributed by atoms with Crippen molar-refractivity contribution in [1.29, 1.82) is 0 Å². The van der Waals surface area contributed by atoms with Gasteiger partial charge in [0.15, 0.2) is 0 Å². The first kappa shape index (κ1) is 17.3. The second-order valence-corrected chi connectivity index (χ2v) is 6.06. The fraction of sp³-hybridized carbons (Fsp3) is 0.562. The van der Waals surface area contributed by atoms with Gasteiger partial charge in [0.2, 0.25) is 0 Å². The Kier molecular flexibility index (Phi) is 6.49. The van der Waals surface area contributed by atoms with Crippen molar-refractivity contribution < 1.29 is 14.6 Å². The van der Waals surface area contributed by atoms with Crippen LogP contribution < -0.4 is 15.4 Å². The first-order chi connectivity index (χ1) is 9.81. The van der Waals surface area contributed by atoms with E-state index in [2.05, 4.69) is 10.6 Å². The number of carbonyl (C=O) groups is 1. The molecule has 0 aromatic heterocycles. The smallest absolute Gasteiger partial charge is 0.315 e. The van der Waals surface area contributed by atoms with Crippen molar-refractivity contribution in [2.45, 2.75) is 52.3 Å². The number of aliphatic hydroxyl groups is 1. The van der Waals surface area contributed by atoms with E-state index in [-0.39, 0.29) is 24.3 Å². The van der Waals surface area contributed by atoms with Crippen LogP contribution in [0.3, 0.4) is 0 Å². The molecule has 5 heteroatoms. The molecule has 5 nitrogen and oxygen atoms in total. The molecule has 0 bridgehead atoms. The number of rotatable bonds is 6. The summed E-state index contributed by atoms with van der Waals surface area (Å²) in [5, 5.41) is 14.4. The molecule has 3 N–H and O–H groups in total. The van der Waals surface area contributed by atoms with Crippen LogP contribution in [0.5, 0.6) is 5.75 Å². The van der Waals surface area contributed by atoms with Crippen molar-refractivity contribution in [2.24, 2.45) is 0 Å². The van der Waals surface area contributed by atoms with E-state index in [4.69, 9.17) is 9.84 Å². The second-order valence-electron chi connectivity index (χ2n) is 6.06. The molecule has 118 valence electrons. The molecule has 0 fully saturated rings. The normalized spacial score (nSPS) is 12.6. The molecular weight excluding hydrogens is 268 g/mol. The lowest BCUT2D eigenvalue weighted by molar-refractivity contribution is 0.129. The van der Waals surface area contributed by atoms with Crippen LogP contribution in [-0.2, 0) is 6.54 Å². The van der Waals surface area contributed by atoms with Gasteiger partial charge >= 0.3 is 6.03 Å². The van der Waals surface area contributed by atoms with Gasteiger partial charge in [0, 0.05) is 24.8 Å². The number of amides is 2. The summed E-state index contributed by atoms with van der Waals surface area (Å²) in [6.07, 6.45) is 0.539. The van der Waals surface area contributed by atoms with E-state index < -0.39 is 0 Å². The standard InChI is InChI=1S/C16H26N2O3/c1-12(9-10-19)18-15(20)17-11-13-7-5-6-8-14(13)21-16(2,3)4/h5-8,12,19H,9-11H2,1-4H3,(H2,17,18,20)/t12-/m1/s1. The minimum Gasteiger partial charge on any atom is -0.488 e. The maximum atomic E-state index is 11.8. The van der Waals surface area contributed by atoms with Crippen LogP contribution in [0, 0.1) is 0 Å². The van der Waals surface area contributed by atoms with E-state index >= 15 is 0 Å².